The summed E-state index contributed by atoms with van der Waals surface area (Å²) in [5.74, 6) is 2.05. The summed E-state index contributed by atoms with van der Waals surface area (Å²) in [4.78, 5) is 8.82. The molecule has 0 spiro atoms. The summed E-state index contributed by atoms with van der Waals surface area (Å²) >= 11 is 0. The second-order valence-electron chi connectivity index (χ2n) is 8.50. The van der Waals surface area contributed by atoms with E-state index in [1.165, 1.54) is 58.8 Å². The summed E-state index contributed by atoms with van der Waals surface area (Å²) in [5.41, 5.74) is 5.59. The van der Waals surface area contributed by atoms with Gasteiger partial charge >= 0.3 is 0 Å². The van der Waals surface area contributed by atoms with E-state index in [9.17, 15) is 0 Å². The van der Waals surface area contributed by atoms with Crippen LogP contribution < -0.4 is 16.0 Å². The van der Waals surface area contributed by atoms with Gasteiger partial charge in [0.15, 0.2) is 5.96 Å². The summed E-state index contributed by atoms with van der Waals surface area (Å²) in [5, 5.41) is 12.6. The minimum atomic E-state index is 0. The molecule has 0 fully saturated rings. The van der Waals surface area contributed by atoms with Gasteiger partial charge in [-0.3, -0.25) is 9.98 Å². The zero-order valence-electron chi connectivity index (χ0n) is 18.9. The van der Waals surface area contributed by atoms with Gasteiger partial charge in [0, 0.05) is 25.2 Å². The molecule has 0 bridgehead atoms. The molecule has 3 aromatic rings. The fourth-order valence-electron chi connectivity index (χ4n) is 4.70. The normalized spacial score (nSPS) is 16.2. The molecule has 2 heterocycles. The second kappa shape index (κ2) is 11.2. The SMILES string of the molecule is Cl.c1cc2c(c(NC3=NCCN3)c1)CCCC2.c1ccc2c(CC3=NCCN3)cccc2c1. The zero-order chi connectivity index (χ0) is 21.6. The Hall–Kier alpha value is -3.05. The Labute approximate surface area is 202 Å². The van der Waals surface area contributed by atoms with Crippen LogP contribution in [0.25, 0.3) is 10.8 Å². The smallest absolute Gasteiger partial charge is 0.195 e. The van der Waals surface area contributed by atoms with Crippen molar-refractivity contribution in [3.8, 4) is 0 Å². The topological polar surface area (TPSA) is 60.8 Å². The van der Waals surface area contributed by atoms with E-state index in [1.54, 1.807) is 0 Å². The molecule has 0 aromatic heterocycles. The van der Waals surface area contributed by atoms with Crippen molar-refractivity contribution < 1.29 is 0 Å². The molecule has 0 atom stereocenters. The first-order chi connectivity index (χ1) is 15.9. The van der Waals surface area contributed by atoms with E-state index in [0.29, 0.717) is 0 Å². The molecule has 3 aromatic carbocycles. The highest BCUT2D eigenvalue weighted by Gasteiger charge is 2.14. The molecular weight excluding hydrogens is 430 g/mol. The van der Waals surface area contributed by atoms with E-state index in [4.69, 9.17) is 0 Å². The summed E-state index contributed by atoms with van der Waals surface area (Å²) in [6, 6.07) is 21.5. The highest BCUT2D eigenvalue weighted by atomic mass is 35.5. The highest BCUT2D eigenvalue weighted by molar-refractivity contribution is 5.95. The average Bonchev–Trinajstić information content (AvgIpc) is 3.55. The van der Waals surface area contributed by atoms with Gasteiger partial charge < -0.3 is 16.0 Å². The maximum absolute atomic E-state index is 4.44. The van der Waals surface area contributed by atoms with Crippen LogP contribution in [0.3, 0.4) is 0 Å². The van der Waals surface area contributed by atoms with Gasteiger partial charge in [-0.15, -0.1) is 12.4 Å². The first-order valence-electron chi connectivity index (χ1n) is 11.8. The molecule has 3 aliphatic rings. The maximum atomic E-state index is 4.44. The van der Waals surface area contributed by atoms with Crippen molar-refractivity contribution in [2.24, 2.45) is 9.98 Å². The van der Waals surface area contributed by atoms with Crippen molar-refractivity contribution in [1.82, 2.24) is 10.6 Å². The number of guanidine groups is 1. The number of nitrogens with zero attached hydrogens (tertiary/aromatic N) is 2. The summed E-state index contributed by atoms with van der Waals surface area (Å²) in [6.07, 6.45) is 5.99. The Morgan fingerprint density at radius 1 is 0.788 bits per heavy atom. The lowest BCUT2D eigenvalue weighted by Gasteiger charge is -2.20. The lowest BCUT2D eigenvalue weighted by atomic mass is 9.90. The van der Waals surface area contributed by atoms with Crippen molar-refractivity contribution in [2.45, 2.75) is 32.1 Å². The molecular formula is C27H32ClN5. The number of aryl methyl sites for hydroxylation is 1. The minimum absolute atomic E-state index is 0. The molecule has 0 saturated heterocycles. The van der Waals surface area contributed by atoms with Crippen LogP contribution in [0, 0.1) is 0 Å². The van der Waals surface area contributed by atoms with Crippen molar-refractivity contribution in [1.29, 1.82) is 0 Å². The molecule has 0 amide bonds. The zero-order valence-corrected chi connectivity index (χ0v) is 19.8. The van der Waals surface area contributed by atoms with E-state index in [0.717, 1.165) is 44.4 Å². The van der Waals surface area contributed by atoms with E-state index in [1.807, 2.05) is 0 Å². The Morgan fingerprint density at radius 3 is 2.42 bits per heavy atom. The number of rotatable bonds is 3. The monoisotopic (exact) mass is 461 g/mol. The van der Waals surface area contributed by atoms with Gasteiger partial charge in [0.1, 0.15) is 5.84 Å². The van der Waals surface area contributed by atoms with Crippen molar-refractivity contribution in [2.75, 3.05) is 31.5 Å². The molecule has 5 nitrogen and oxygen atoms in total. The number of aliphatic imine (C=N–C) groups is 2. The lowest BCUT2D eigenvalue weighted by Crippen LogP contribution is -2.27. The van der Waals surface area contributed by atoms with Gasteiger partial charge in [-0.05, 0) is 59.2 Å². The van der Waals surface area contributed by atoms with Crippen LogP contribution in [0.1, 0.15) is 29.5 Å². The average molecular weight is 462 g/mol. The van der Waals surface area contributed by atoms with Gasteiger partial charge in [0.25, 0.3) is 0 Å². The summed E-state index contributed by atoms with van der Waals surface area (Å²) < 4.78 is 0. The number of hydrogen-bond acceptors (Lipinski definition) is 5. The van der Waals surface area contributed by atoms with Gasteiger partial charge in [0.2, 0.25) is 0 Å². The maximum Gasteiger partial charge on any atom is 0.195 e. The molecule has 6 heteroatoms. The lowest BCUT2D eigenvalue weighted by molar-refractivity contribution is 0.687. The molecule has 3 N–H and O–H groups in total. The molecule has 2 aliphatic heterocycles. The third-order valence-corrected chi connectivity index (χ3v) is 6.30. The number of nitrogens with one attached hydrogen (secondary N) is 3. The van der Waals surface area contributed by atoms with Crippen LogP contribution in [0.5, 0.6) is 0 Å². The fraction of sp³-hybridized carbons (Fsp3) is 0.333. The van der Waals surface area contributed by atoms with Crippen LogP contribution in [0.2, 0.25) is 0 Å². The van der Waals surface area contributed by atoms with Gasteiger partial charge in [-0.1, -0.05) is 54.6 Å². The number of anilines is 1. The quantitative estimate of drug-likeness (QED) is 0.527. The number of hydrogen-bond donors (Lipinski definition) is 3. The Morgan fingerprint density at radius 2 is 1.58 bits per heavy atom. The molecule has 6 rings (SSSR count). The van der Waals surface area contributed by atoms with Crippen LogP contribution >= 0.6 is 12.4 Å². The number of benzene rings is 3. The molecule has 0 saturated carbocycles. The number of fused-ring (bicyclic) bond motifs is 2. The van der Waals surface area contributed by atoms with Crippen molar-refractivity contribution >= 4 is 40.7 Å². The number of halogens is 1. The van der Waals surface area contributed by atoms with Gasteiger partial charge in [-0.25, -0.2) is 0 Å². The Bertz CT molecular complexity index is 1150. The van der Waals surface area contributed by atoms with Crippen LogP contribution in [0.15, 0.2) is 70.6 Å². The standard InChI is InChI=1S/C14H14N2.C13H17N3.ClH/c1-2-7-13-11(4-1)5-3-6-12(13)10-14-15-8-9-16-14;1-2-6-11-10(4-1)5-3-7-12(11)16-13-14-8-9-15-13;/h1-7H,8-10H2,(H,15,16);3,5,7H,1-2,4,6,8-9H2,(H2,14,15,16);1H. The molecule has 0 radical (unpaired) electrons. The van der Waals surface area contributed by atoms with Crippen LogP contribution in [0.4, 0.5) is 5.69 Å². The Kier molecular flexibility index (Phi) is 7.84. The van der Waals surface area contributed by atoms with E-state index in [2.05, 4.69) is 86.6 Å². The predicted octanol–water partition coefficient (Wildman–Crippen LogP) is 4.74. The fourth-order valence-corrected chi connectivity index (χ4v) is 4.70. The van der Waals surface area contributed by atoms with Crippen LogP contribution in [-0.2, 0) is 19.3 Å². The largest absolute Gasteiger partial charge is 0.372 e. The second-order valence-corrected chi connectivity index (χ2v) is 8.50. The van der Waals surface area contributed by atoms with Gasteiger partial charge in [0.05, 0.1) is 13.1 Å². The summed E-state index contributed by atoms with van der Waals surface area (Å²) in [7, 11) is 0. The minimum Gasteiger partial charge on any atom is -0.372 e. The predicted molar refractivity (Wildman–Crippen MR) is 142 cm³/mol. The molecule has 172 valence electrons. The third-order valence-electron chi connectivity index (χ3n) is 6.30. The Balaban J connectivity index is 0.000000152. The first-order valence-corrected chi connectivity index (χ1v) is 11.8. The van der Waals surface area contributed by atoms with Crippen molar-refractivity contribution in [3.05, 3.63) is 77.4 Å². The molecule has 0 unspecified atom stereocenters. The third kappa shape index (κ3) is 5.66. The molecule has 33 heavy (non-hydrogen) atoms. The van der Waals surface area contributed by atoms with E-state index >= 15 is 0 Å². The van der Waals surface area contributed by atoms with Crippen molar-refractivity contribution in [3.63, 3.8) is 0 Å². The van der Waals surface area contributed by atoms with E-state index in [-0.39, 0.29) is 12.4 Å². The van der Waals surface area contributed by atoms with E-state index < -0.39 is 0 Å². The highest BCUT2D eigenvalue weighted by Crippen LogP contribution is 2.27. The first kappa shape index (κ1) is 23.1. The number of amidine groups is 1. The summed E-state index contributed by atoms with van der Waals surface area (Å²) in [6.45, 7) is 3.74. The molecule has 1 aliphatic carbocycles. The van der Waals surface area contributed by atoms with Crippen LogP contribution in [-0.4, -0.2) is 38.0 Å². The van der Waals surface area contributed by atoms with Gasteiger partial charge in [-0.2, -0.15) is 0 Å².